The number of rotatable bonds is 9. The van der Waals surface area contributed by atoms with Gasteiger partial charge in [-0.1, -0.05) is 34.7 Å². The summed E-state index contributed by atoms with van der Waals surface area (Å²) in [5.41, 5.74) is 0. The molecule has 1 aromatic carbocycles. The Balaban J connectivity index is 1.35. The Labute approximate surface area is 175 Å². The number of ether oxygens (including phenoxy) is 2. The Morgan fingerprint density at radius 3 is 2.86 bits per heavy atom. The van der Waals surface area contributed by atoms with Crippen molar-refractivity contribution >= 4 is 51.6 Å². The van der Waals surface area contributed by atoms with Crippen LogP contribution in [0.1, 0.15) is 12.8 Å². The summed E-state index contributed by atoms with van der Waals surface area (Å²) < 4.78 is 11.4. The zero-order chi connectivity index (χ0) is 19.8. The van der Waals surface area contributed by atoms with E-state index in [0.717, 1.165) is 19.4 Å². The van der Waals surface area contributed by atoms with Crippen molar-refractivity contribution in [1.82, 2.24) is 15.5 Å². The third kappa shape index (κ3) is 6.93. The van der Waals surface area contributed by atoms with Crippen molar-refractivity contribution < 1.29 is 19.1 Å². The molecular weight excluding hydrogens is 424 g/mol. The number of hydrogen-bond acceptors (Lipinski definition) is 8. The van der Waals surface area contributed by atoms with E-state index >= 15 is 0 Å². The molecule has 1 saturated heterocycles. The number of aromatic nitrogens is 2. The number of carbonyl (C=O) groups excluding carboxylic acids is 2. The minimum atomic E-state index is -0.350. The molecule has 0 saturated carbocycles. The van der Waals surface area contributed by atoms with E-state index in [2.05, 4.69) is 20.8 Å². The summed E-state index contributed by atoms with van der Waals surface area (Å²) in [4.78, 5) is 23.8. The van der Waals surface area contributed by atoms with Gasteiger partial charge in [-0.05, 0) is 37.1 Å². The summed E-state index contributed by atoms with van der Waals surface area (Å²) in [6.07, 6.45) is 2.14. The molecule has 1 aliphatic heterocycles. The smallest absolute Gasteiger partial charge is 0.264 e. The van der Waals surface area contributed by atoms with Crippen LogP contribution in [0.2, 0.25) is 5.02 Å². The lowest BCUT2D eigenvalue weighted by Crippen LogP contribution is -2.32. The van der Waals surface area contributed by atoms with Crippen molar-refractivity contribution in [3.63, 3.8) is 0 Å². The molecule has 2 N–H and O–H groups in total. The molecule has 0 aliphatic carbocycles. The molecule has 2 aromatic rings. The first kappa shape index (κ1) is 20.8. The molecule has 8 nitrogen and oxygen atoms in total. The number of carbonyl (C=O) groups is 2. The largest absolute Gasteiger partial charge is 0.484 e. The van der Waals surface area contributed by atoms with E-state index in [4.69, 9.17) is 21.1 Å². The van der Waals surface area contributed by atoms with Gasteiger partial charge in [-0.15, -0.1) is 10.2 Å². The predicted octanol–water partition coefficient (Wildman–Crippen LogP) is 2.60. The molecule has 0 unspecified atom stereocenters. The molecule has 0 bridgehead atoms. The number of nitrogens with zero attached hydrogens (tertiary/aromatic N) is 2. The van der Waals surface area contributed by atoms with Crippen LogP contribution in [-0.2, 0) is 14.3 Å². The number of benzene rings is 1. The van der Waals surface area contributed by atoms with Crippen LogP contribution < -0.4 is 15.4 Å². The summed E-state index contributed by atoms with van der Waals surface area (Å²) in [6, 6.07) is 6.72. The Morgan fingerprint density at radius 2 is 2.11 bits per heavy atom. The highest BCUT2D eigenvalue weighted by molar-refractivity contribution is 8.01. The van der Waals surface area contributed by atoms with Gasteiger partial charge in [-0.2, -0.15) is 0 Å². The first-order chi connectivity index (χ1) is 13.6. The summed E-state index contributed by atoms with van der Waals surface area (Å²) in [6.45, 7) is 1.14. The Bertz CT molecular complexity index is 797. The first-order valence-corrected chi connectivity index (χ1v) is 10.8. The highest BCUT2D eigenvalue weighted by Gasteiger charge is 2.16. The molecule has 150 valence electrons. The molecule has 1 aliphatic rings. The second kappa shape index (κ2) is 10.6. The van der Waals surface area contributed by atoms with Crippen molar-refractivity contribution in [2.24, 2.45) is 0 Å². The summed E-state index contributed by atoms with van der Waals surface area (Å²) in [5, 5.41) is 14.3. The van der Waals surface area contributed by atoms with Gasteiger partial charge in [0.2, 0.25) is 11.0 Å². The minimum absolute atomic E-state index is 0.0855. The second-order valence-corrected chi connectivity index (χ2v) is 8.53. The van der Waals surface area contributed by atoms with Crippen LogP contribution in [0.5, 0.6) is 5.75 Å². The number of nitrogens with one attached hydrogen (secondary N) is 2. The van der Waals surface area contributed by atoms with Gasteiger partial charge in [0.25, 0.3) is 5.91 Å². The van der Waals surface area contributed by atoms with E-state index < -0.39 is 0 Å². The highest BCUT2D eigenvalue weighted by atomic mass is 35.5. The maximum Gasteiger partial charge on any atom is 0.264 e. The van der Waals surface area contributed by atoms with E-state index in [-0.39, 0.29) is 30.3 Å². The van der Waals surface area contributed by atoms with Crippen molar-refractivity contribution in [2.75, 3.05) is 30.8 Å². The zero-order valence-electron chi connectivity index (χ0n) is 14.9. The lowest BCUT2D eigenvalue weighted by Gasteiger charge is -2.09. The summed E-state index contributed by atoms with van der Waals surface area (Å²) >= 11 is 8.26. The molecular formula is C17H19ClN4O4S2. The molecule has 1 fully saturated rings. The lowest BCUT2D eigenvalue weighted by atomic mass is 10.2. The molecule has 2 heterocycles. The van der Waals surface area contributed by atoms with Crippen molar-refractivity contribution in [3.8, 4) is 5.75 Å². The van der Waals surface area contributed by atoms with Crippen LogP contribution in [0.3, 0.4) is 0 Å². The van der Waals surface area contributed by atoms with Crippen molar-refractivity contribution in [1.29, 1.82) is 0 Å². The number of thioether (sulfide) groups is 1. The van der Waals surface area contributed by atoms with E-state index in [1.54, 1.807) is 24.3 Å². The monoisotopic (exact) mass is 442 g/mol. The van der Waals surface area contributed by atoms with Gasteiger partial charge < -0.3 is 14.8 Å². The Kier molecular flexibility index (Phi) is 7.90. The zero-order valence-corrected chi connectivity index (χ0v) is 17.2. The molecule has 0 radical (unpaired) electrons. The van der Waals surface area contributed by atoms with Crippen molar-refractivity contribution in [3.05, 3.63) is 29.3 Å². The van der Waals surface area contributed by atoms with Crippen LogP contribution in [0.25, 0.3) is 0 Å². The standard InChI is InChI=1S/C17H19ClN4O4S2/c18-11-3-5-12(6-4-11)26-9-14(23)20-16-21-22-17(28-16)27-10-15(24)19-8-13-2-1-7-25-13/h3-6,13H,1-2,7-10H2,(H,19,24)(H,20,21,23)/t13-/m1/s1. The van der Waals surface area contributed by atoms with Gasteiger partial charge in [-0.25, -0.2) is 0 Å². The molecule has 3 rings (SSSR count). The fraction of sp³-hybridized carbons (Fsp3) is 0.412. The lowest BCUT2D eigenvalue weighted by molar-refractivity contribution is -0.119. The topological polar surface area (TPSA) is 102 Å². The van der Waals surface area contributed by atoms with Crippen LogP contribution in [0.4, 0.5) is 5.13 Å². The third-order valence-electron chi connectivity index (χ3n) is 3.71. The number of anilines is 1. The molecule has 28 heavy (non-hydrogen) atoms. The van der Waals surface area contributed by atoms with Crippen LogP contribution >= 0.6 is 34.7 Å². The average Bonchev–Trinajstić information content (AvgIpc) is 3.36. The minimum Gasteiger partial charge on any atom is -0.484 e. The second-order valence-electron chi connectivity index (χ2n) is 5.89. The van der Waals surface area contributed by atoms with Gasteiger partial charge in [-0.3, -0.25) is 14.9 Å². The fourth-order valence-corrected chi connectivity index (χ4v) is 4.09. The molecule has 1 atom stereocenters. The number of hydrogen-bond donors (Lipinski definition) is 2. The number of halogens is 1. The first-order valence-electron chi connectivity index (χ1n) is 8.61. The molecule has 11 heteroatoms. The van der Waals surface area contributed by atoms with Gasteiger partial charge in [0.15, 0.2) is 10.9 Å². The van der Waals surface area contributed by atoms with E-state index in [1.807, 2.05) is 0 Å². The SMILES string of the molecule is O=C(CSc1nnc(NC(=O)COc2ccc(Cl)cc2)s1)NC[C@H]1CCCO1. The van der Waals surface area contributed by atoms with Gasteiger partial charge in [0.1, 0.15) is 5.75 Å². The predicted molar refractivity (Wildman–Crippen MR) is 108 cm³/mol. The molecule has 2 amide bonds. The van der Waals surface area contributed by atoms with E-state index in [1.165, 1.54) is 23.1 Å². The van der Waals surface area contributed by atoms with Gasteiger partial charge >= 0.3 is 0 Å². The van der Waals surface area contributed by atoms with Crippen LogP contribution in [-0.4, -0.2) is 53.6 Å². The third-order valence-corrected chi connectivity index (χ3v) is 5.94. The average molecular weight is 443 g/mol. The van der Waals surface area contributed by atoms with Crippen LogP contribution in [0.15, 0.2) is 28.6 Å². The number of amides is 2. The summed E-state index contributed by atoms with van der Waals surface area (Å²) in [5.74, 6) is 0.339. The van der Waals surface area contributed by atoms with Crippen molar-refractivity contribution in [2.45, 2.75) is 23.3 Å². The Morgan fingerprint density at radius 1 is 1.29 bits per heavy atom. The quantitative estimate of drug-likeness (QED) is 0.454. The maximum absolute atomic E-state index is 11.9. The van der Waals surface area contributed by atoms with E-state index in [0.29, 0.717) is 26.8 Å². The molecule has 0 spiro atoms. The van der Waals surface area contributed by atoms with Gasteiger partial charge in [0, 0.05) is 18.2 Å². The summed E-state index contributed by atoms with van der Waals surface area (Å²) in [7, 11) is 0. The normalized spacial score (nSPS) is 16.0. The highest BCUT2D eigenvalue weighted by Crippen LogP contribution is 2.25. The van der Waals surface area contributed by atoms with E-state index in [9.17, 15) is 9.59 Å². The van der Waals surface area contributed by atoms with Gasteiger partial charge in [0.05, 0.1) is 11.9 Å². The Hall–Kier alpha value is -1.88. The fourth-order valence-electron chi connectivity index (χ4n) is 2.36. The maximum atomic E-state index is 11.9. The molecule has 1 aromatic heterocycles. The van der Waals surface area contributed by atoms with Crippen LogP contribution in [0, 0.1) is 0 Å².